The number of anilines is 2. The number of rotatable bonds is 3. The van der Waals surface area contributed by atoms with Crippen molar-refractivity contribution in [3.05, 3.63) is 95.0 Å². The van der Waals surface area contributed by atoms with Gasteiger partial charge in [-0.2, -0.15) is 10.1 Å². The standard InChI is InChI=1S/C28H27ClN4O/c1-20-28(27(34)33(30-20)24-10-6-3-7-11-24)17-22-12-13-23(29)16-25(22)32-15-14-31(19-26(28)32)18-21-8-4-2-5-9-21/h2-13,16,26H,14-15,17-19H2,1H3/t26-,28+/m1/s1. The van der Waals surface area contributed by atoms with Gasteiger partial charge in [0, 0.05) is 36.9 Å². The molecule has 6 rings (SSSR count). The Morgan fingerprint density at radius 2 is 1.74 bits per heavy atom. The van der Waals surface area contributed by atoms with Crippen LogP contribution in [-0.4, -0.2) is 42.2 Å². The van der Waals surface area contributed by atoms with E-state index in [1.807, 2.05) is 49.4 Å². The summed E-state index contributed by atoms with van der Waals surface area (Å²) < 4.78 is 0. The molecule has 34 heavy (non-hydrogen) atoms. The van der Waals surface area contributed by atoms with Gasteiger partial charge in [-0.15, -0.1) is 0 Å². The highest BCUT2D eigenvalue weighted by Crippen LogP contribution is 2.48. The zero-order chi connectivity index (χ0) is 23.3. The summed E-state index contributed by atoms with van der Waals surface area (Å²) in [5.41, 5.74) is 4.61. The fourth-order valence-corrected chi connectivity index (χ4v) is 6.03. The van der Waals surface area contributed by atoms with Crippen molar-refractivity contribution in [3.8, 4) is 0 Å². The summed E-state index contributed by atoms with van der Waals surface area (Å²) in [4.78, 5) is 19.1. The summed E-state index contributed by atoms with van der Waals surface area (Å²) in [6, 6.07) is 26.4. The number of nitrogens with zero attached hydrogens (tertiary/aromatic N) is 4. The molecule has 1 amide bonds. The van der Waals surface area contributed by atoms with Crippen LogP contribution >= 0.6 is 11.6 Å². The van der Waals surface area contributed by atoms with Crippen LogP contribution in [0.25, 0.3) is 0 Å². The molecular weight excluding hydrogens is 444 g/mol. The lowest BCUT2D eigenvalue weighted by molar-refractivity contribution is -0.125. The predicted octanol–water partition coefficient (Wildman–Crippen LogP) is 5.00. The molecule has 1 saturated heterocycles. The minimum atomic E-state index is -0.702. The number of para-hydroxylation sites is 1. The van der Waals surface area contributed by atoms with Crippen molar-refractivity contribution in [2.45, 2.75) is 25.9 Å². The Kier molecular flexibility index (Phi) is 5.19. The highest BCUT2D eigenvalue weighted by Gasteiger charge is 2.59. The highest BCUT2D eigenvalue weighted by molar-refractivity contribution is 6.31. The first-order valence-corrected chi connectivity index (χ1v) is 12.2. The Morgan fingerprint density at radius 3 is 2.50 bits per heavy atom. The number of fused-ring (bicyclic) bond motifs is 4. The second-order valence-corrected chi connectivity index (χ2v) is 9.93. The number of hydrogen-bond donors (Lipinski definition) is 0. The summed E-state index contributed by atoms with van der Waals surface area (Å²) in [7, 11) is 0. The minimum Gasteiger partial charge on any atom is -0.364 e. The van der Waals surface area contributed by atoms with Gasteiger partial charge < -0.3 is 4.90 Å². The first-order chi connectivity index (χ1) is 16.6. The third kappa shape index (κ3) is 3.34. The van der Waals surface area contributed by atoms with Gasteiger partial charge in [0.1, 0.15) is 5.41 Å². The molecule has 0 bridgehead atoms. The van der Waals surface area contributed by atoms with Crippen molar-refractivity contribution in [1.29, 1.82) is 0 Å². The highest BCUT2D eigenvalue weighted by atomic mass is 35.5. The molecule has 3 aliphatic rings. The van der Waals surface area contributed by atoms with E-state index in [9.17, 15) is 4.79 Å². The quantitative estimate of drug-likeness (QED) is 0.541. The lowest BCUT2D eigenvalue weighted by Crippen LogP contribution is -2.66. The normalized spacial score (nSPS) is 24.2. The van der Waals surface area contributed by atoms with E-state index in [4.69, 9.17) is 16.7 Å². The third-order valence-electron chi connectivity index (χ3n) is 7.58. The first kappa shape index (κ1) is 21.4. The number of halogens is 1. The Labute approximate surface area is 205 Å². The summed E-state index contributed by atoms with van der Waals surface area (Å²) in [5, 5.41) is 7.18. The Hall–Kier alpha value is -3.15. The van der Waals surface area contributed by atoms with Crippen molar-refractivity contribution in [2.24, 2.45) is 10.5 Å². The first-order valence-electron chi connectivity index (χ1n) is 11.8. The van der Waals surface area contributed by atoms with E-state index in [2.05, 4.69) is 46.2 Å². The molecule has 1 fully saturated rings. The SMILES string of the molecule is CC1=NN(c2ccccc2)C(=O)[C@@]12Cc1ccc(Cl)cc1N1CCN(Cc3ccccc3)C[C@@H]12. The molecule has 1 spiro atoms. The number of carbonyl (C=O) groups is 1. The number of hydrazone groups is 1. The molecule has 0 unspecified atom stereocenters. The molecule has 0 aromatic heterocycles. The second kappa shape index (κ2) is 8.26. The van der Waals surface area contributed by atoms with E-state index in [1.54, 1.807) is 5.01 Å². The van der Waals surface area contributed by atoms with Gasteiger partial charge in [-0.25, -0.2) is 0 Å². The van der Waals surface area contributed by atoms with Crippen molar-refractivity contribution in [2.75, 3.05) is 29.5 Å². The topological polar surface area (TPSA) is 39.2 Å². The largest absolute Gasteiger partial charge is 0.364 e. The number of carbonyl (C=O) groups excluding carboxylic acids is 1. The van der Waals surface area contributed by atoms with E-state index >= 15 is 0 Å². The van der Waals surface area contributed by atoms with Crippen molar-refractivity contribution in [1.82, 2.24) is 4.90 Å². The molecule has 6 heteroatoms. The van der Waals surface area contributed by atoms with Gasteiger partial charge in [-0.05, 0) is 48.7 Å². The number of hydrogen-bond acceptors (Lipinski definition) is 4. The Bertz CT molecular complexity index is 1260. The smallest absolute Gasteiger partial charge is 0.261 e. The van der Waals surface area contributed by atoms with Crippen molar-refractivity contribution < 1.29 is 4.79 Å². The molecule has 3 aromatic rings. The van der Waals surface area contributed by atoms with Gasteiger partial charge >= 0.3 is 0 Å². The number of piperazine rings is 1. The van der Waals surface area contributed by atoms with Gasteiger partial charge in [0.15, 0.2) is 0 Å². The molecule has 5 nitrogen and oxygen atoms in total. The summed E-state index contributed by atoms with van der Waals surface area (Å²) in [6.45, 7) is 5.47. The molecule has 0 radical (unpaired) electrons. The fourth-order valence-electron chi connectivity index (χ4n) is 5.87. The third-order valence-corrected chi connectivity index (χ3v) is 7.81. The van der Waals surface area contributed by atoms with Gasteiger partial charge in [0.2, 0.25) is 0 Å². The lowest BCUT2D eigenvalue weighted by Gasteiger charge is -2.53. The average molecular weight is 471 g/mol. The van der Waals surface area contributed by atoms with Gasteiger partial charge in [0.05, 0.1) is 17.4 Å². The van der Waals surface area contributed by atoms with Gasteiger partial charge in [-0.1, -0.05) is 66.2 Å². The molecule has 3 aliphatic heterocycles. The van der Waals surface area contributed by atoms with Crippen molar-refractivity contribution in [3.63, 3.8) is 0 Å². The van der Waals surface area contributed by atoms with E-state index in [-0.39, 0.29) is 11.9 Å². The maximum Gasteiger partial charge on any atom is 0.261 e. The fraction of sp³-hybridized carbons (Fsp3) is 0.286. The van der Waals surface area contributed by atoms with E-state index in [0.717, 1.165) is 53.9 Å². The lowest BCUT2D eigenvalue weighted by atomic mass is 9.67. The van der Waals surface area contributed by atoms with E-state index < -0.39 is 5.41 Å². The molecule has 0 saturated carbocycles. The number of amides is 1. The van der Waals surface area contributed by atoms with Crippen LogP contribution < -0.4 is 9.91 Å². The zero-order valence-corrected chi connectivity index (χ0v) is 19.9. The van der Waals surface area contributed by atoms with Gasteiger partial charge in [-0.3, -0.25) is 9.69 Å². The average Bonchev–Trinajstić information content (AvgIpc) is 3.11. The molecule has 3 aromatic carbocycles. The van der Waals surface area contributed by atoms with E-state index in [0.29, 0.717) is 6.42 Å². The molecule has 0 aliphatic carbocycles. The number of benzene rings is 3. The summed E-state index contributed by atoms with van der Waals surface area (Å²) in [5.74, 6) is 0.0633. The van der Waals surface area contributed by atoms with Crippen LogP contribution in [0.15, 0.2) is 84.0 Å². The summed E-state index contributed by atoms with van der Waals surface area (Å²) in [6.07, 6.45) is 0.636. The molecule has 2 atom stereocenters. The molecule has 0 N–H and O–H groups in total. The monoisotopic (exact) mass is 470 g/mol. The summed E-state index contributed by atoms with van der Waals surface area (Å²) >= 11 is 6.42. The van der Waals surface area contributed by atoms with Gasteiger partial charge in [0.25, 0.3) is 5.91 Å². The second-order valence-electron chi connectivity index (χ2n) is 9.49. The molecular formula is C28H27ClN4O. The van der Waals surface area contributed by atoms with Crippen LogP contribution in [0, 0.1) is 5.41 Å². The van der Waals surface area contributed by atoms with Crippen LogP contribution in [0.3, 0.4) is 0 Å². The molecule has 172 valence electrons. The minimum absolute atomic E-state index is 0.0131. The van der Waals surface area contributed by atoms with Crippen LogP contribution in [0.5, 0.6) is 0 Å². The maximum absolute atomic E-state index is 14.2. The zero-order valence-electron chi connectivity index (χ0n) is 19.2. The van der Waals surface area contributed by atoms with Crippen LogP contribution in [0.1, 0.15) is 18.1 Å². The van der Waals surface area contributed by atoms with Crippen LogP contribution in [0.2, 0.25) is 5.02 Å². The molecule has 3 heterocycles. The predicted molar refractivity (Wildman–Crippen MR) is 137 cm³/mol. The maximum atomic E-state index is 14.2. The van der Waals surface area contributed by atoms with Crippen molar-refractivity contribution >= 4 is 34.6 Å². The Morgan fingerprint density at radius 1 is 1.00 bits per heavy atom. The van der Waals surface area contributed by atoms with Crippen LogP contribution in [-0.2, 0) is 17.8 Å². The van der Waals surface area contributed by atoms with Crippen LogP contribution in [0.4, 0.5) is 11.4 Å². The van der Waals surface area contributed by atoms with E-state index in [1.165, 1.54) is 5.56 Å². The Balaban J connectivity index is 1.41.